The lowest BCUT2D eigenvalue weighted by Crippen LogP contribution is -2.70. The van der Waals surface area contributed by atoms with Crippen LogP contribution in [0.25, 0.3) is 6.08 Å². The second-order valence-electron chi connectivity index (χ2n) is 14.4. The van der Waals surface area contributed by atoms with Gasteiger partial charge in [-0.25, -0.2) is 9.59 Å². The first kappa shape index (κ1) is 32.4. The SMILES string of the molecule is Cc1cc(/C=C/C#N)cc(C)c1Oc1nc(NC23CC(C#N)(C2)C3)nc2c1C(NC(=O)OC(C)(C)C)N(C(=O)OC(C)(C)C)N2C. The van der Waals surface area contributed by atoms with Gasteiger partial charge in [0.15, 0.2) is 12.0 Å². The molecule has 2 heterocycles. The van der Waals surface area contributed by atoms with Crippen LogP contribution in [0.4, 0.5) is 21.4 Å². The molecule has 4 aliphatic rings. The smallest absolute Gasteiger partial charge is 0.431 e. The highest BCUT2D eigenvalue weighted by Crippen LogP contribution is 2.68. The van der Waals surface area contributed by atoms with Gasteiger partial charge in [-0.05, 0) is 110 Å². The highest BCUT2D eigenvalue weighted by atomic mass is 16.6. The monoisotopic (exact) mass is 628 g/mol. The summed E-state index contributed by atoms with van der Waals surface area (Å²) in [6.45, 7) is 14.2. The first-order valence-electron chi connectivity index (χ1n) is 15.1. The number of aromatic nitrogens is 2. The summed E-state index contributed by atoms with van der Waals surface area (Å²) in [7, 11) is 1.64. The van der Waals surface area contributed by atoms with Crippen molar-refractivity contribution in [2.75, 3.05) is 17.4 Å². The summed E-state index contributed by atoms with van der Waals surface area (Å²) in [6.07, 6.45) is 2.52. The number of anilines is 2. The molecular weight excluding hydrogens is 588 g/mol. The topological polar surface area (TPSA) is 166 Å². The number of nitrogens with one attached hydrogen (secondary N) is 2. The second-order valence-corrected chi connectivity index (χ2v) is 14.4. The molecule has 1 aliphatic heterocycles. The Morgan fingerprint density at radius 3 is 2.17 bits per heavy atom. The first-order chi connectivity index (χ1) is 21.4. The summed E-state index contributed by atoms with van der Waals surface area (Å²) in [5, 5.41) is 27.5. The van der Waals surface area contributed by atoms with Gasteiger partial charge in [-0.3, -0.25) is 10.3 Å². The van der Waals surface area contributed by atoms with E-state index in [-0.39, 0.29) is 22.8 Å². The molecule has 1 atom stereocenters. The average molecular weight is 629 g/mol. The number of allylic oxidation sites excluding steroid dienone is 1. The van der Waals surface area contributed by atoms with Crippen molar-refractivity contribution in [2.24, 2.45) is 5.41 Å². The van der Waals surface area contributed by atoms with Gasteiger partial charge in [-0.15, -0.1) is 0 Å². The van der Waals surface area contributed by atoms with Gasteiger partial charge in [0.25, 0.3) is 0 Å². The summed E-state index contributed by atoms with van der Waals surface area (Å²) >= 11 is 0. The van der Waals surface area contributed by atoms with Crippen LogP contribution in [0, 0.1) is 41.9 Å². The summed E-state index contributed by atoms with van der Waals surface area (Å²) in [5.41, 5.74) is 0.472. The fourth-order valence-corrected chi connectivity index (χ4v) is 6.29. The molecule has 3 saturated carbocycles. The van der Waals surface area contributed by atoms with Crippen molar-refractivity contribution >= 4 is 30.0 Å². The molecule has 0 spiro atoms. The lowest BCUT2D eigenvalue weighted by molar-refractivity contribution is -0.0665. The lowest BCUT2D eigenvalue weighted by atomic mass is 9.40. The highest BCUT2D eigenvalue weighted by Gasteiger charge is 2.69. The van der Waals surface area contributed by atoms with Gasteiger partial charge in [0.1, 0.15) is 22.5 Å². The standard InChI is InChI=1S/C33H40N8O5/c1-19-13-21(11-10-12-34)14-20(2)23(19)44-26-22-24(36-27(38-26)39-33-15-32(16-33,17-33)18-35)40(9)41(29(43)46-31(6,7)8)25(22)37-28(42)45-30(3,4)5/h10-11,13-14,25H,15-17H2,1-9H3,(H,37,42)(H,36,38,39)/b11-10+. The van der Waals surface area contributed by atoms with Crippen LogP contribution in [0.15, 0.2) is 18.2 Å². The largest absolute Gasteiger partial charge is 0.444 e. The van der Waals surface area contributed by atoms with E-state index in [2.05, 4.69) is 16.7 Å². The van der Waals surface area contributed by atoms with Crippen LogP contribution < -0.4 is 20.4 Å². The van der Waals surface area contributed by atoms with Crippen LogP contribution in [0.3, 0.4) is 0 Å². The minimum atomic E-state index is -1.15. The Kier molecular flexibility index (Phi) is 7.80. The van der Waals surface area contributed by atoms with Crippen molar-refractivity contribution in [2.45, 2.75) is 97.6 Å². The van der Waals surface area contributed by atoms with Crippen LogP contribution in [-0.4, -0.2) is 51.0 Å². The van der Waals surface area contributed by atoms with E-state index in [0.29, 0.717) is 36.4 Å². The van der Waals surface area contributed by atoms with Gasteiger partial charge in [0.2, 0.25) is 11.8 Å². The highest BCUT2D eigenvalue weighted by molar-refractivity contribution is 5.78. The number of carbonyl (C=O) groups excluding carboxylic acids is 2. The minimum absolute atomic E-state index is 0.111. The van der Waals surface area contributed by atoms with Crippen molar-refractivity contribution in [3.63, 3.8) is 0 Å². The molecule has 0 saturated heterocycles. The molecular formula is C33H40N8O5. The zero-order chi connectivity index (χ0) is 33.8. The number of alkyl carbamates (subject to hydrolysis) is 1. The maximum atomic E-state index is 13.7. The number of hydrogen-bond acceptors (Lipinski definition) is 11. The molecule has 0 radical (unpaired) electrons. The summed E-state index contributed by atoms with van der Waals surface area (Å²) < 4.78 is 17.9. The number of ether oxygens (including phenoxy) is 3. The number of hydrogen-bond donors (Lipinski definition) is 2. The third kappa shape index (κ3) is 6.23. The quantitative estimate of drug-likeness (QED) is 0.340. The van der Waals surface area contributed by atoms with Crippen LogP contribution in [0.2, 0.25) is 0 Å². The molecule has 13 heteroatoms. The molecule has 2 aromatic rings. The molecule has 1 aromatic heterocycles. The normalized spacial score (nSPS) is 23.0. The van der Waals surface area contributed by atoms with Crippen LogP contribution in [0.1, 0.15) is 89.2 Å². The molecule has 1 aromatic carbocycles. The Morgan fingerprint density at radius 1 is 1.02 bits per heavy atom. The molecule has 13 nitrogen and oxygen atoms in total. The fraction of sp³-hybridized carbons (Fsp3) is 0.515. The predicted octanol–water partition coefficient (Wildman–Crippen LogP) is 6.41. The van der Waals surface area contributed by atoms with Crippen molar-refractivity contribution in [3.8, 4) is 23.8 Å². The second kappa shape index (κ2) is 11.1. The van der Waals surface area contributed by atoms with Crippen molar-refractivity contribution < 1.29 is 23.8 Å². The number of rotatable bonds is 6. The Hall–Kier alpha value is -5.04. The number of hydrazine groups is 1. The Bertz CT molecular complexity index is 1670. The maximum Gasteiger partial charge on any atom is 0.431 e. The number of fused-ring (bicyclic) bond motifs is 1. The van der Waals surface area contributed by atoms with Gasteiger partial charge < -0.3 is 19.5 Å². The Balaban J connectivity index is 1.61. The van der Waals surface area contributed by atoms with E-state index >= 15 is 0 Å². The van der Waals surface area contributed by atoms with E-state index in [1.165, 1.54) is 16.1 Å². The van der Waals surface area contributed by atoms with E-state index in [4.69, 9.17) is 29.4 Å². The number of nitriles is 2. The van der Waals surface area contributed by atoms with E-state index < -0.39 is 29.6 Å². The lowest BCUT2D eigenvalue weighted by Gasteiger charge is -2.66. The Morgan fingerprint density at radius 2 is 1.63 bits per heavy atom. The van der Waals surface area contributed by atoms with E-state index in [0.717, 1.165) is 16.7 Å². The average Bonchev–Trinajstić information content (AvgIpc) is 3.15. The molecule has 242 valence electrons. The van der Waals surface area contributed by atoms with E-state index in [1.807, 2.05) is 32.0 Å². The summed E-state index contributed by atoms with van der Waals surface area (Å²) in [6, 6.07) is 8.18. The van der Waals surface area contributed by atoms with Gasteiger partial charge in [-0.2, -0.15) is 25.5 Å². The molecule has 2 amide bonds. The summed E-state index contributed by atoms with van der Waals surface area (Å²) in [4.78, 5) is 36.4. The Labute approximate surface area is 269 Å². The maximum absolute atomic E-state index is 13.7. The number of carbonyl (C=O) groups is 2. The molecule has 6 rings (SSSR count). The van der Waals surface area contributed by atoms with Crippen molar-refractivity contribution in [3.05, 3.63) is 40.5 Å². The molecule has 3 aliphatic carbocycles. The number of aryl methyl sites for hydroxylation is 2. The number of amides is 2. The van der Waals surface area contributed by atoms with Crippen LogP contribution in [-0.2, 0) is 9.47 Å². The first-order valence-corrected chi connectivity index (χ1v) is 15.1. The number of benzene rings is 1. The number of nitrogens with zero attached hydrogens (tertiary/aromatic N) is 6. The van der Waals surface area contributed by atoms with Crippen molar-refractivity contribution in [1.29, 1.82) is 10.5 Å². The summed E-state index contributed by atoms with van der Waals surface area (Å²) in [5.74, 6) is 1.20. The third-order valence-corrected chi connectivity index (χ3v) is 7.95. The molecule has 46 heavy (non-hydrogen) atoms. The molecule has 3 fully saturated rings. The third-order valence-electron chi connectivity index (χ3n) is 7.95. The van der Waals surface area contributed by atoms with E-state index in [9.17, 15) is 14.9 Å². The van der Waals surface area contributed by atoms with Crippen molar-refractivity contribution in [1.82, 2.24) is 20.3 Å². The van der Waals surface area contributed by atoms with Gasteiger partial charge in [0.05, 0.1) is 17.6 Å². The minimum Gasteiger partial charge on any atom is -0.444 e. The predicted molar refractivity (Wildman–Crippen MR) is 170 cm³/mol. The van der Waals surface area contributed by atoms with Gasteiger partial charge in [-0.1, -0.05) is 0 Å². The zero-order valence-electron chi connectivity index (χ0n) is 27.7. The molecule has 2 N–H and O–H groups in total. The fourth-order valence-electron chi connectivity index (χ4n) is 6.29. The van der Waals surface area contributed by atoms with Gasteiger partial charge in [0, 0.05) is 18.7 Å². The van der Waals surface area contributed by atoms with Crippen LogP contribution >= 0.6 is 0 Å². The van der Waals surface area contributed by atoms with Crippen LogP contribution in [0.5, 0.6) is 11.6 Å². The van der Waals surface area contributed by atoms with Gasteiger partial charge >= 0.3 is 12.2 Å². The molecule has 2 bridgehead atoms. The van der Waals surface area contributed by atoms with E-state index in [1.54, 1.807) is 54.7 Å². The molecule has 1 unspecified atom stereocenters. The zero-order valence-corrected chi connectivity index (χ0v) is 27.7.